The Balaban J connectivity index is 0.00000220. The highest BCUT2D eigenvalue weighted by Gasteiger charge is 2.38. The second-order valence-electron chi connectivity index (χ2n) is 10.9. The number of benzene rings is 1. The van der Waals surface area contributed by atoms with Crippen molar-refractivity contribution in [3.05, 3.63) is 65.7 Å². The Hall–Kier alpha value is -2.85. The lowest BCUT2D eigenvalue weighted by Gasteiger charge is -2.48. The van der Waals surface area contributed by atoms with Crippen LogP contribution in [-0.2, 0) is 10.0 Å². The van der Waals surface area contributed by atoms with Crippen molar-refractivity contribution < 1.29 is 20.1 Å². The second-order valence-corrected chi connectivity index (χ2v) is 12.5. The van der Waals surface area contributed by atoms with Gasteiger partial charge in [-0.1, -0.05) is 23.3 Å². The number of nitrogens with one attached hydrogen (secondary N) is 1. The third-order valence-electron chi connectivity index (χ3n) is 8.13. The smallest absolute Gasteiger partial charge is 0.268 e. The van der Waals surface area contributed by atoms with Crippen LogP contribution in [0.5, 0.6) is 0 Å². The van der Waals surface area contributed by atoms with E-state index < -0.39 is 26.6 Å². The van der Waals surface area contributed by atoms with E-state index in [1.165, 1.54) is 37.1 Å². The molecule has 0 bridgehead atoms. The van der Waals surface area contributed by atoms with E-state index in [1.807, 2.05) is 4.90 Å². The highest BCUT2D eigenvalue weighted by atomic mass is 32.2. The summed E-state index contributed by atoms with van der Waals surface area (Å²) in [6, 6.07) is 3.55. The number of anilines is 2. The zero-order valence-corrected chi connectivity index (χ0v) is 22.8. The van der Waals surface area contributed by atoms with E-state index in [9.17, 15) is 8.42 Å². The minimum absolute atomic E-state index is 0. The van der Waals surface area contributed by atoms with Gasteiger partial charge in [-0.25, -0.2) is 27.2 Å². The Labute approximate surface area is 226 Å². The molecule has 1 atom stereocenters. The van der Waals surface area contributed by atoms with Crippen LogP contribution in [0.3, 0.4) is 0 Å². The van der Waals surface area contributed by atoms with Gasteiger partial charge in [-0.2, -0.15) is 0 Å². The average Bonchev–Trinajstić information content (AvgIpc) is 3.73. The minimum Gasteiger partial charge on any atom is -0.370 e. The number of nitrogens with zero attached hydrogens (tertiary/aromatic N) is 4. The molecule has 1 aromatic heterocycles. The third kappa shape index (κ3) is 5.76. The summed E-state index contributed by atoms with van der Waals surface area (Å²) in [5.74, 6) is -1.54. The third-order valence-corrected chi connectivity index (χ3v) is 9.54. The van der Waals surface area contributed by atoms with Crippen molar-refractivity contribution in [1.29, 1.82) is 0 Å². The predicted molar refractivity (Wildman–Crippen MR) is 149 cm³/mol. The Kier molecular flexibility index (Phi) is 7.55. The molecular formula is C28H39F2N5O2S. The molecule has 0 amide bonds. The summed E-state index contributed by atoms with van der Waals surface area (Å²) in [4.78, 5) is 10.7. The molecular weight excluding hydrogens is 508 g/mol. The summed E-state index contributed by atoms with van der Waals surface area (Å²) in [7, 11) is -0.376. The van der Waals surface area contributed by atoms with Crippen LogP contribution in [0.15, 0.2) is 58.9 Å². The molecule has 1 saturated heterocycles. The van der Waals surface area contributed by atoms with Crippen molar-refractivity contribution in [3.8, 4) is 0 Å². The van der Waals surface area contributed by atoms with E-state index in [2.05, 4.69) is 45.8 Å². The van der Waals surface area contributed by atoms with Gasteiger partial charge >= 0.3 is 0 Å². The Bertz CT molecular complexity index is 1330. The highest BCUT2D eigenvalue weighted by Crippen LogP contribution is 2.42. The second kappa shape index (κ2) is 10.7. The quantitative estimate of drug-likeness (QED) is 0.429. The number of likely N-dealkylation sites (N-methyl/N-ethyl adjacent to an activating group) is 1. The molecule has 1 saturated carbocycles. The van der Waals surface area contributed by atoms with Crippen molar-refractivity contribution in [2.24, 2.45) is 5.92 Å². The lowest BCUT2D eigenvalue weighted by molar-refractivity contribution is 0.116. The van der Waals surface area contributed by atoms with Crippen LogP contribution in [0.4, 0.5) is 20.3 Å². The maximum Gasteiger partial charge on any atom is 0.268 e. The summed E-state index contributed by atoms with van der Waals surface area (Å²) >= 11 is 0. The molecule has 7 nitrogen and oxygen atoms in total. The van der Waals surface area contributed by atoms with Gasteiger partial charge < -0.3 is 9.80 Å². The molecule has 2 aromatic rings. The number of allylic oxidation sites excluding steroid dienone is 4. The first-order valence-electron chi connectivity index (χ1n) is 13.3. The molecule has 3 aliphatic rings. The fourth-order valence-corrected chi connectivity index (χ4v) is 6.90. The number of piperidine rings is 1. The first-order valence-corrected chi connectivity index (χ1v) is 14.7. The van der Waals surface area contributed by atoms with Crippen LogP contribution in [0, 0.1) is 17.6 Å². The van der Waals surface area contributed by atoms with E-state index in [1.54, 1.807) is 5.57 Å². The normalized spacial score (nSPS) is 22.3. The first-order chi connectivity index (χ1) is 18.2. The number of hydrogen-bond donors (Lipinski definition) is 1. The molecule has 2 fully saturated rings. The molecule has 208 valence electrons. The number of halogens is 2. The molecule has 0 spiro atoms. The lowest BCUT2D eigenvalue weighted by Crippen LogP contribution is -2.56. The summed E-state index contributed by atoms with van der Waals surface area (Å²) in [5.41, 5.74) is 3.19. The van der Waals surface area contributed by atoms with Gasteiger partial charge in [0.15, 0.2) is 4.90 Å². The van der Waals surface area contributed by atoms with Gasteiger partial charge in [0.1, 0.15) is 23.8 Å². The van der Waals surface area contributed by atoms with Crippen molar-refractivity contribution >= 4 is 21.5 Å². The number of sulfonamides is 1. The first kappa shape index (κ1) is 26.7. The lowest BCUT2D eigenvalue weighted by atomic mass is 9.81. The largest absolute Gasteiger partial charge is 0.370 e. The average molecular weight is 548 g/mol. The Morgan fingerprint density at radius 2 is 2.00 bits per heavy atom. The highest BCUT2D eigenvalue weighted by molar-refractivity contribution is 7.92. The maximum absolute atomic E-state index is 15.2. The molecule has 10 heteroatoms. The van der Waals surface area contributed by atoms with Crippen molar-refractivity contribution in [1.82, 2.24) is 14.9 Å². The van der Waals surface area contributed by atoms with Crippen molar-refractivity contribution in [3.63, 3.8) is 0 Å². The monoisotopic (exact) mass is 547 g/mol. The predicted octanol–water partition coefficient (Wildman–Crippen LogP) is 5.79. The standard InChI is InChI=1S/C28H35F2N5O2S.2H2/c1-34(2)28(12-9-20-5-3-6-22(15-20)21-7-8-21)11-4-14-35(18-28)23-16-24(29)27(25(30)17-23)38(36,37)33-26-10-13-31-19-32-26;;/h5,10,13,15-17,19,21H,3-4,6-9,11-12,14,18H2,1-2H3,(H,31,32,33);2*1H/t28-;;/m0../s1. The number of rotatable bonds is 9. The van der Waals surface area contributed by atoms with Crippen LogP contribution < -0.4 is 9.62 Å². The van der Waals surface area contributed by atoms with E-state index in [0.717, 1.165) is 56.5 Å². The fourth-order valence-electron chi connectivity index (χ4n) is 5.77. The molecule has 1 aromatic carbocycles. The van der Waals surface area contributed by atoms with Gasteiger partial charge in [-0.15, -0.1) is 0 Å². The van der Waals surface area contributed by atoms with Crippen LogP contribution in [0.25, 0.3) is 0 Å². The molecule has 0 unspecified atom stereocenters. The maximum atomic E-state index is 15.2. The van der Waals surface area contributed by atoms with Gasteiger partial charge in [0.05, 0.1) is 0 Å². The van der Waals surface area contributed by atoms with Crippen LogP contribution in [0.2, 0.25) is 0 Å². The van der Waals surface area contributed by atoms with Crippen molar-refractivity contribution in [2.45, 2.75) is 61.8 Å². The SMILES string of the molecule is CN(C)[C@]1(CCC2=CCCC(C3CC3)=C2)CCCN(c2cc(F)c(S(=O)(=O)Nc3ccncn3)c(F)c2)C1.[HH].[HH]. The van der Waals surface area contributed by atoms with E-state index in [0.29, 0.717) is 18.8 Å². The Morgan fingerprint density at radius 1 is 1.24 bits per heavy atom. The molecule has 2 aliphatic carbocycles. The number of hydrogen-bond acceptors (Lipinski definition) is 6. The molecule has 1 aliphatic heterocycles. The van der Waals surface area contributed by atoms with E-state index in [-0.39, 0.29) is 14.2 Å². The van der Waals surface area contributed by atoms with E-state index >= 15 is 8.78 Å². The molecule has 0 radical (unpaired) electrons. The summed E-state index contributed by atoms with van der Waals surface area (Å²) < 4.78 is 57.9. The minimum atomic E-state index is -4.51. The number of aromatic nitrogens is 2. The molecule has 1 N–H and O–H groups in total. The van der Waals surface area contributed by atoms with Gasteiger partial charge in [0.25, 0.3) is 10.0 Å². The zero-order valence-electron chi connectivity index (χ0n) is 22.0. The summed E-state index contributed by atoms with van der Waals surface area (Å²) in [6.45, 7) is 1.25. The Morgan fingerprint density at radius 3 is 2.66 bits per heavy atom. The molecule has 5 rings (SSSR count). The van der Waals surface area contributed by atoms with Gasteiger partial charge in [0, 0.05) is 33.4 Å². The fraction of sp³-hybridized carbons (Fsp3) is 0.500. The van der Waals surface area contributed by atoms with Gasteiger partial charge in [0.2, 0.25) is 0 Å². The van der Waals surface area contributed by atoms with Gasteiger partial charge in [-0.3, -0.25) is 4.72 Å². The summed E-state index contributed by atoms with van der Waals surface area (Å²) in [6.07, 6.45) is 15.9. The zero-order chi connectivity index (χ0) is 26.9. The topological polar surface area (TPSA) is 78.4 Å². The molecule has 38 heavy (non-hydrogen) atoms. The van der Waals surface area contributed by atoms with Gasteiger partial charge in [-0.05, 0) is 89.6 Å². The van der Waals surface area contributed by atoms with Crippen LogP contribution in [0.1, 0.15) is 54.2 Å². The summed E-state index contributed by atoms with van der Waals surface area (Å²) in [5, 5.41) is 0. The van der Waals surface area contributed by atoms with Crippen LogP contribution in [-0.4, -0.2) is 56.0 Å². The van der Waals surface area contributed by atoms with E-state index in [4.69, 9.17) is 0 Å². The van der Waals surface area contributed by atoms with Crippen molar-refractivity contribution in [2.75, 3.05) is 36.8 Å². The molecule has 2 heterocycles. The van der Waals surface area contributed by atoms with Crippen LogP contribution >= 0.6 is 0 Å².